The average Bonchev–Trinajstić information content (AvgIpc) is 3.24. The van der Waals surface area contributed by atoms with E-state index in [2.05, 4.69) is 21.2 Å². The normalized spacial score (nSPS) is 12.5. The molecule has 2 aromatic heterocycles. The highest BCUT2D eigenvalue weighted by Gasteiger charge is 2.21. The van der Waals surface area contributed by atoms with Crippen LogP contribution in [0.2, 0.25) is 0 Å². The van der Waals surface area contributed by atoms with Gasteiger partial charge in [-0.1, -0.05) is 23.9 Å². The minimum atomic E-state index is -0.0560. The minimum absolute atomic E-state index is 0.0532. The number of nitrogens with zero attached hydrogens (tertiary/aromatic N) is 5. The summed E-state index contributed by atoms with van der Waals surface area (Å²) in [5.41, 5.74) is 0.982. The molecule has 1 aromatic carbocycles. The molecule has 2 heterocycles. The zero-order chi connectivity index (χ0) is 17.1. The van der Waals surface area contributed by atoms with Crippen LogP contribution in [0.4, 0.5) is 0 Å². The van der Waals surface area contributed by atoms with Crippen molar-refractivity contribution >= 4 is 39.2 Å². The van der Waals surface area contributed by atoms with Gasteiger partial charge in [0.25, 0.3) is 0 Å². The summed E-state index contributed by atoms with van der Waals surface area (Å²) in [4.78, 5) is 18.9. The quantitative estimate of drug-likeness (QED) is 0.631. The van der Waals surface area contributed by atoms with Crippen LogP contribution in [0.25, 0.3) is 10.2 Å². The molecule has 1 amide bonds. The molecule has 1 atom stereocenters. The third kappa shape index (κ3) is 3.44. The van der Waals surface area contributed by atoms with Crippen molar-refractivity contribution in [2.45, 2.75) is 31.6 Å². The third-order valence-electron chi connectivity index (χ3n) is 3.89. The molecule has 6 nitrogen and oxygen atoms in total. The van der Waals surface area contributed by atoms with Gasteiger partial charge in [0.05, 0.1) is 22.0 Å². The van der Waals surface area contributed by atoms with Crippen LogP contribution < -0.4 is 0 Å². The molecule has 0 aliphatic heterocycles. The van der Waals surface area contributed by atoms with Gasteiger partial charge in [0.1, 0.15) is 11.3 Å². The van der Waals surface area contributed by atoms with Gasteiger partial charge in [0.2, 0.25) is 5.91 Å². The lowest BCUT2D eigenvalue weighted by atomic mass is 10.3. The van der Waals surface area contributed by atoms with Crippen LogP contribution in [0.15, 0.2) is 35.7 Å². The summed E-state index contributed by atoms with van der Waals surface area (Å²) in [5, 5.41) is 9.65. The standard InChI is InChI=1S/C16H19N5OS2/c1-4-21-10-17-19-16(21)23-9-14(22)20(3)11(2)15-18-12-7-5-6-8-13(12)24-15/h5-8,10-11H,4,9H2,1-3H3/t11-/m0/s1. The molecular weight excluding hydrogens is 342 g/mol. The Bertz CT molecular complexity index is 811. The van der Waals surface area contributed by atoms with Crippen molar-refractivity contribution in [3.63, 3.8) is 0 Å². The maximum atomic E-state index is 12.5. The molecule has 3 rings (SSSR count). The van der Waals surface area contributed by atoms with Gasteiger partial charge in [0, 0.05) is 13.6 Å². The highest BCUT2D eigenvalue weighted by atomic mass is 32.2. The van der Waals surface area contributed by atoms with E-state index in [1.807, 2.05) is 43.7 Å². The number of thioether (sulfide) groups is 1. The molecule has 0 radical (unpaired) electrons. The number of hydrogen-bond acceptors (Lipinski definition) is 6. The fourth-order valence-corrected chi connectivity index (χ4v) is 4.22. The molecule has 0 aliphatic rings. The van der Waals surface area contributed by atoms with Crippen LogP contribution in [0.1, 0.15) is 24.9 Å². The number of carbonyl (C=O) groups excluding carboxylic acids is 1. The molecule has 0 fully saturated rings. The number of carbonyl (C=O) groups is 1. The molecule has 0 bridgehead atoms. The molecule has 0 saturated heterocycles. The lowest BCUT2D eigenvalue weighted by Crippen LogP contribution is -2.31. The first-order valence-corrected chi connectivity index (χ1v) is 9.52. The van der Waals surface area contributed by atoms with E-state index in [1.165, 1.54) is 11.8 Å². The Morgan fingerprint density at radius 2 is 2.21 bits per heavy atom. The first-order chi connectivity index (χ1) is 11.6. The third-order valence-corrected chi connectivity index (χ3v) is 6.06. The van der Waals surface area contributed by atoms with Gasteiger partial charge in [-0.15, -0.1) is 21.5 Å². The first kappa shape index (κ1) is 16.9. The van der Waals surface area contributed by atoms with Gasteiger partial charge in [0.15, 0.2) is 5.16 Å². The van der Waals surface area contributed by atoms with Crippen molar-refractivity contribution < 1.29 is 4.79 Å². The highest BCUT2D eigenvalue weighted by molar-refractivity contribution is 7.99. The molecule has 0 saturated carbocycles. The summed E-state index contributed by atoms with van der Waals surface area (Å²) in [6.07, 6.45) is 1.68. The lowest BCUT2D eigenvalue weighted by Gasteiger charge is -2.23. The summed E-state index contributed by atoms with van der Waals surface area (Å²) in [6, 6.07) is 7.98. The number of hydrogen-bond donors (Lipinski definition) is 0. The van der Waals surface area contributed by atoms with Gasteiger partial charge in [-0.05, 0) is 26.0 Å². The van der Waals surface area contributed by atoms with Gasteiger partial charge >= 0.3 is 0 Å². The molecule has 0 unspecified atom stereocenters. The van der Waals surface area contributed by atoms with Crippen LogP contribution in [0.3, 0.4) is 0 Å². The van der Waals surface area contributed by atoms with Crippen molar-refractivity contribution in [1.29, 1.82) is 0 Å². The average molecular weight is 361 g/mol. The number of aryl methyl sites for hydroxylation is 1. The second-order valence-electron chi connectivity index (χ2n) is 5.39. The lowest BCUT2D eigenvalue weighted by molar-refractivity contribution is -0.128. The Morgan fingerprint density at radius 3 is 2.96 bits per heavy atom. The Kier molecular flexibility index (Phi) is 5.15. The molecule has 24 heavy (non-hydrogen) atoms. The van der Waals surface area contributed by atoms with Crippen LogP contribution >= 0.6 is 23.1 Å². The minimum Gasteiger partial charge on any atom is -0.336 e. The number of rotatable bonds is 6. The van der Waals surface area contributed by atoms with E-state index in [4.69, 9.17) is 0 Å². The monoisotopic (exact) mass is 361 g/mol. The van der Waals surface area contributed by atoms with Crippen LogP contribution in [-0.2, 0) is 11.3 Å². The molecule has 8 heteroatoms. The van der Waals surface area contributed by atoms with E-state index in [0.717, 1.165) is 26.9 Å². The van der Waals surface area contributed by atoms with Crippen LogP contribution in [0.5, 0.6) is 0 Å². The Balaban J connectivity index is 1.66. The SMILES string of the molecule is CCn1cnnc1SCC(=O)N(C)[C@@H](C)c1nc2ccccc2s1. The zero-order valence-corrected chi connectivity index (χ0v) is 15.5. The van der Waals surface area contributed by atoms with Gasteiger partial charge in [-0.2, -0.15) is 0 Å². The van der Waals surface area contributed by atoms with E-state index < -0.39 is 0 Å². The summed E-state index contributed by atoms with van der Waals surface area (Å²) in [5.74, 6) is 0.391. The molecule has 0 N–H and O–H groups in total. The second kappa shape index (κ2) is 7.31. The van der Waals surface area contributed by atoms with Crippen molar-refractivity contribution in [1.82, 2.24) is 24.6 Å². The molecule has 0 aliphatic carbocycles. The van der Waals surface area contributed by atoms with Crippen molar-refractivity contribution in [2.75, 3.05) is 12.8 Å². The predicted octanol–water partition coefficient (Wildman–Crippen LogP) is 3.22. The summed E-state index contributed by atoms with van der Waals surface area (Å²) in [6.45, 7) is 4.83. The maximum absolute atomic E-state index is 12.5. The Morgan fingerprint density at radius 1 is 1.42 bits per heavy atom. The van der Waals surface area contributed by atoms with E-state index in [9.17, 15) is 4.79 Å². The van der Waals surface area contributed by atoms with Crippen LogP contribution in [-0.4, -0.2) is 43.4 Å². The fraction of sp³-hybridized carbons (Fsp3) is 0.375. The molecule has 0 spiro atoms. The second-order valence-corrected chi connectivity index (χ2v) is 7.39. The number of aromatic nitrogens is 4. The summed E-state index contributed by atoms with van der Waals surface area (Å²) in [7, 11) is 1.82. The van der Waals surface area contributed by atoms with Gasteiger partial charge in [-0.25, -0.2) is 4.98 Å². The van der Waals surface area contributed by atoms with Crippen molar-refractivity contribution in [3.8, 4) is 0 Å². The number of benzene rings is 1. The van der Waals surface area contributed by atoms with E-state index in [1.54, 1.807) is 22.6 Å². The molecular formula is C16H19N5OS2. The smallest absolute Gasteiger partial charge is 0.233 e. The molecule has 126 valence electrons. The van der Waals surface area contributed by atoms with E-state index in [-0.39, 0.29) is 11.9 Å². The number of para-hydroxylation sites is 1. The van der Waals surface area contributed by atoms with Gasteiger partial charge < -0.3 is 9.47 Å². The number of amides is 1. The topological polar surface area (TPSA) is 63.9 Å². The van der Waals surface area contributed by atoms with Gasteiger partial charge in [-0.3, -0.25) is 4.79 Å². The number of thiazole rings is 1. The summed E-state index contributed by atoms with van der Waals surface area (Å²) < 4.78 is 3.07. The van der Waals surface area contributed by atoms with Crippen molar-refractivity contribution in [3.05, 3.63) is 35.6 Å². The fourth-order valence-electron chi connectivity index (χ4n) is 2.25. The van der Waals surface area contributed by atoms with E-state index >= 15 is 0 Å². The summed E-state index contributed by atoms with van der Waals surface area (Å²) >= 11 is 3.05. The first-order valence-electron chi connectivity index (χ1n) is 7.72. The van der Waals surface area contributed by atoms with Crippen molar-refractivity contribution in [2.24, 2.45) is 0 Å². The zero-order valence-electron chi connectivity index (χ0n) is 13.8. The van der Waals surface area contributed by atoms with Crippen LogP contribution in [0, 0.1) is 0 Å². The largest absolute Gasteiger partial charge is 0.336 e. The number of fused-ring (bicyclic) bond motifs is 1. The maximum Gasteiger partial charge on any atom is 0.233 e. The molecule has 3 aromatic rings. The Labute approximate surface area is 148 Å². The van der Waals surface area contributed by atoms with E-state index in [0.29, 0.717) is 5.75 Å². The highest BCUT2D eigenvalue weighted by Crippen LogP contribution is 2.29. The predicted molar refractivity (Wildman–Crippen MR) is 97.2 cm³/mol. The Hall–Kier alpha value is -1.93.